The van der Waals surface area contributed by atoms with Gasteiger partial charge >= 0.3 is 6.85 Å². The number of benzene rings is 3. The van der Waals surface area contributed by atoms with Crippen LogP contribution in [-0.2, 0) is 16.1 Å². The number of aryl methyl sites for hydroxylation is 6. The van der Waals surface area contributed by atoms with E-state index in [0.717, 1.165) is 11.3 Å². The fourth-order valence-electron chi connectivity index (χ4n) is 5.22. The molecule has 0 aliphatic carbocycles. The highest BCUT2D eigenvalue weighted by molar-refractivity contribution is 6.88. The number of hydrogen-bond acceptors (Lipinski definition) is 3. The molecule has 0 saturated carbocycles. The lowest BCUT2D eigenvalue weighted by Gasteiger charge is -2.25. The van der Waals surface area contributed by atoms with Crippen LogP contribution in [0.15, 0.2) is 60.7 Å². The van der Waals surface area contributed by atoms with E-state index in [1.54, 1.807) is 0 Å². The first-order valence-corrected chi connectivity index (χ1v) is 11.7. The van der Waals surface area contributed by atoms with Gasteiger partial charge in [0.1, 0.15) is 0 Å². The van der Waals surface area contributed by atoms with Crippen molar-refractivity contribution in [1.29, 1.82) is 0 Å². The predicted octanol–water partition coefficient (Wildman–Crippen LogP) is 4.18. The first-order valence-electron chi connectivity index (χ1n) is 11.7. The highest BCUT2D eigenvalue weighted by Gasteiger charge is 2.28. The molecule has 1 aliphatic heterocycles. The molecule has 3 aromatic rings. The summed E-state index contributed by atoms with van der Waals surface area (Å²) in [4.78, 5) is 25.0. The minimum absolute atomic E-state index is 0.00186. The molecule has 5 heteroatoms. The smallest absolute Gasteiger partial charge is 0.322 e. The van der Waals surface area contributed by atoms with Gasteiger partial charge in [-0.1, -0.05) is 69.8 Å². The molecule has 4 nitrogen and oxygen atoms in total. The Balaban J connectivity index is 1.70. The van der Waals surface area contributed by atoms with Gasteiger partial charge in [-0.3, -0.25) is 14.5 Å². The number of carbonyl (C=O) groups is 2. The van der Waals surface area contributed by atoms with E-state index in [2.05, 4.69) is 71.0 Å². The maximum Gasteiger partial charge on any atom is 0.322 e. The van der Waals surface area contributed by atoms with E-state index in [0.29, 0.717) is 0 Å². The highest BCUT2D eigenvalue weighted by atomic mass is 16.2. The van der Waals surface area contributed by atoms with Gasteiger partial charge in [-0.2, -0.15) is 0 Å². The molecule has 0 saturated heterocycles. The van der Waals surface area contributed by atoms with Crippen molar-refractivity contribution in [2.24, 2.45) is 0 Å². The summed E-state index contributed by atoms with van der Waals surface area (Å²) in [6.07, 6.45) is 2.64. The Morgan fingerprint density at radius 1 is 0.676 bits per heavy atom. The third-order valence-electron chi connectivity index (χ3n) is 6.56. The van der Waals surface area contributed by atoms with Crippen LogP contribution in [0, 0.1) is 41.5 Å². The van der Waals surface area contributed by atoms with E-state index in [9.17, 15) is 9.59 Å². The molecule has 1 N–H and O–H groups in total. The van der Waals surface area contributed by atoms with Gasteiger partial charge in [0, 0.05) is 17.8 Å². The maximum atomic E-state index is 11.9. The van der Waals surface area contributed by atoms with Crippen molar-refractivity contribution in [3.63, 3.8) is 0 Å². The number of imide groups is 1. The summed E-state index contributed by atoms with van der Waals surface area (Å²) in [5.74, 6) is -0.522. The Morgan fingerprint density at radius 2 is 1.09 bits per heavy atom. The van der Waals surface area contributed by atoms with Crippen LogP contribution in [0.25, 0.3) is 0 Å². The average Bonchev–Trinajstić information content (AvgIpc) is 3.05. The lowest BCUT2D eigenvalue weighted by Crippen LogP contribution is -2.53. The molecule has 1 heterocycles. The number of nitrogens with one attached hydrogen (secondary N) is 1. The van der Waals surface area contributed by atoms with Gasteiger partial charge in [-0.05, 0) is 70.2 Å². The van der Waals surface area contributed by atoms with Crippen molar-refractivity contribution in [1.82, 2.24) is 4.90 Å². The van der Waals surface area contributed by atoms with E-state index in [-0.39, 0.29) is 25.2 Å². The largest absolute Gasteiger partial charge is 0.420 e. The summed E-state index contributed by atoms with van der Waals surface area (Å²) in [6, 6.07) is 17.0. The van der Waals surface area contributed by atoms with Gasteiger partial charge in [0.2, 0.25) is 0 Å². The predicted molar refractivity (Wildman–Crippen MR) is 141 cm³/mol. The van der Waals surface area contributed by atoms with Crippen LogP contribution in [0.4, 0.5) is 5.69 Å². The summed E-state index contributed by atoms with van der Waals surface area (Å²) < 4.78 is 0. The van der Waals surface area contributed by atoms with Crippen LogP contribution in [0.3, 0.4) is 0 Å². The Hall–Kier alpha value is -3.60. The summed E-state index contributed by atoms with van der Waals surface area (Å²) in [5.41, 5.74) is 12.1. The number of nitrogens with zero attached hydrogens (tertiary/aromatic N) is 1. The molecule has 172 valence electrons. The van der Waals surface area contributed by atoms with Crippen LogP contribution >= 0.6 is 0 Å². The minimum Gasteiger partial charge on any atom is -0.420 e. The highest BCUT2D eigenvalue weighted by Crippen LogP contribution is 2.17. The first-order chi connectivity index (χ1) is 16.1. The minimum atomic E-state index is -0.261. The molecule has 0 bridgehead atoms. The topological polar surface area (TPSA) is 49.4 Å². The van der Waals surface area contributed by atoms with E-state index < -0.39 is 0 Å². The molecule has 0 spiro atoms. The van der Waals surface area contributed by atoms with Crippen LogP contribution < -0.4 is 16.2 Å². The van der Waals surface area contributed by atoms with Gasteiger partial charge < -0.3 is 5.23 Å². The first kappa shape index (κ1) is 23.6. The molecule has 0 atom stereocenters. The summed E-state index contributed by atoms with van der Waals surface area (Å²) in [5, 5.41) is 3.79. The normalized spacial score (nSPS) is 13.1. The second-order valence-electron chi connectivity index (χ2n) is 9.50. The van der Waals surface area contributed by atoms with E-state index >= 15 is 0 Å². The molecule has 0 unspecified atom stereocenters. The Morgan fingerprint density at radius 3 is 1.50 bits per heavy atom. The maximum absolute atomic E-state index is 11.9. The Labute approximate surface area is 202 Å². The van der Waals surface area contributed by atoms with Gasteiger partial charge in [0.25, 0.3) is 11.8 Å². The number of rotatable bonds is 6. The zero-order chi connectivity index (χ0) is 24.6. The summed E-state index contributed by atoms with van der Waals surface area (Å²) >= 11 is 0. The van der Waals surface area contributed by atoms with Crippen molar-refractivity contribution >= 4 is 35.3 Å². The van der Waals surface area contributed by atoms with Crippen molar-refractivity contribution in [3.8, 4) is 0 Å². The molecule has 4 rings (SSSR count). The summed E-state index contributed by atoms with van der Waals surface area (Å²) in [6.45, 7) is 13.3. The molecule has 34 heavy (non-hydrogen) atoms. The zero-order valence-electron chi connectivity index (χ0n) is 20.8. The number of carbonyl (C=O) groups excluding carboxylic acids is 2. The number of anilines is 1. The molecule has 2 amide bonds. The fourth-order valence-corrected chi connectivity index (χ4v) is 5.22. The number of amides is 2. The zero-order valence-corrected chi connectivity index (χ0v) is 20.8. The van der Waals surface area contributed by atoms with Gasteiger partial charge in [-0.15, -0.1) is 0 Å². The monoisotopic (exact) mass is 450 g/mol. The fraction of sp³-hybridized carbons (Fsp3) is 0.241. The van der Waals surface area contributed by atoms with Crippen LogP contribution in [-0.4, -0.2) is 23.6 Å². The third-order valence-corrected chi connectivity index (χ3v) is 6.56. The second-order valence-corrected chi connectivity index (χ2v) is 9.50. The quantitative estimate of drug-likeness (QED) is 0.453. The van der Waals surface area contributed by atoms with Gasteiger partial charge in [0.15, 0.2) is 0 Å². The average molecular weight is 450 g/mol. The van der Waals surface area contributed by atoms with E-state index in [1.807, 2.05) is 24.3 Å². The van der Waals surface area contributed by atoms with Crippen LogP contribution in [0.5, 0.6) is 0 Å². The Kier molecular flexibility index (Phi) is 6.47. The van der Waals surface area contributed by atoms with Crippen molar-refractivity contribution in [2.75, 3.05) is 5.23 Å². The van der Waals surface area contributed by atoms with Crippen molar-refractivity contribution in [3.05, 3.63) is 99.6 Å². The number of hydrogen-bond donors (Lipinski definition) is 1. The molecule has 3 aromatic carbocycles. The lowest BCUT2D eigenvalue weighted by atomic mass is 9.46. The van der Waals surface area contributed by atoms with E-state index in [1.165, 1.54) is 61.4 Å². The van der Waals surface area contributed by atoms with Crippen molar-refractivity contribution < 1.29 is 9.59 Å². The molecular formula is C29H31BN2O2. The Bertz CT molecular complexity index is 1190. The SMILES string of the molecule is Cc1cc(C)c(B(Nc2ccc(CN3C(=O)C=CC3=O)cc2)c2c(C)cc(C)cc2C)c(C)c1. The molecule has 0 fully saturated rings. The van der Waals surface area contributed by atoms with Crippen LogP contribution in [0.2, 0.25) is 0 Å². The second kappa shape index (κ2) is 9.34. The van der Waals surface area contributed by atoms with Crippen molar-refractivity contribution in [2.45, 2.75) is 48.1 Å². The van der Waals surface area contributed by atoms with Gasteiger partial charge in [-0.25, -0.2) is 0 Å². The standard InChI is InChI=1S/C29H31BN2O2/c1-18-13-20(3)28(21(4)14-18)30(29-22(5)15-19(2)16-23(29)6)31-25-9-7-24(8-10-25)17-32-26(33)11-12-27(32)34/h7-16,31H,17H2,1-6H3. The molecule has 1 aliphatic rings. The van der Waals surface area contributed by atoms with Crippen LogP contribution in [0.1, 0.15) is 38.9 Å². The summed E-state index contributed by atoms with van der Waals surface area (Å²) in [7, 11) is 0. The van der Waals surface area contributed by atoms with E-state index in [4.69, 9.17) is 0 Å². The molecule has 0 radical (unpaired) electrons. The molecular weight excluding hydrogens is 419 g/mol. The van der Waals surface area contributed by atoms with Gasteiger partial charge in [0.05, 0.1) is 6.54 Å². The lowest BCUT2D eigenvalue weighted by molar-refractivity contribution is -0.137. The third kappa shape index (κ3) is 4.70. The molecule has 0 aromatic heterocycles.